The molecule has 2 aromatic rings. The molecule has 0 fully saturated rings. The normalized spacial score (nSPS) is 10.2. The largest absolute Gasteiger partial charge is 0.480 e. The number of nitrogens with one attached hydrogen (secondary N) is 1. The molecule has 8 nitrogen and oxygen atoms in total. The first kappa shape index (κ1) is 12.2. The van der Waals surface area contributed by atoms with Crippen molar-refractivity contribution in [2.75, 3.05) is 0 Å². The SMILES string of the molecule is O=C(O)Cn1cc(C(=O)NCc2cncs2)nn1. The molecule has 0 spiro atoms. The highest BCUT2D eigenvalue weighted by atomic mass is 32.1. The van der Waals surface area contributed by atoms with Crippen molar-refractivity contribution in [1.29, 1.82) is 0 Å². The molecule has 2 aromatic heterocycles. The molecular weight excluding hydrogens is 258 g/mol. The molecule has 0 bridgehead atoms. The first-order valence-corrected chi connectivity index (χ1v) is 5.80. The number of hydrogen-bond acceptors (Lipinski definition) is 6. The van der Waals surface area contributed by atoms with E-state index in [1.165, 1.54) is 17.5 Å². The Morgan fingerprint density at radius 3 is 3.00 bits per heavy atom. The summed E-state index contributed by atoms with van der Waals surface area (Å²) in [6.45, 7) is 0.0322. The highest BCUT2D eigenvalue weighted by molar-refractivity contribution is 7.09. The maximum Gasteiger partial charge on any atom is 0.325 e. The topological polar surface area (TPSA) is 110 Å². The lowest BCUT2D eigenvalue weighted by Gasteiger charge is -1.98. The number of carbonyl (C=O) groups is 2. The molecular formula is C9H9N5O3S. The minimum Gasteiger partial charge on any atom is -0.480 e. The van der Waals surface area contributed by atoms with Crippen molar-refractivity contribution in [3.63, 3.8) is 0 Å². The van der Waals surface area contributed by atoms with E-state index in [1.54, 1.807) is 11.7 Å². The van der Waals surface area contributed by atoms with Gasteiger partial charge in [-0.2, -0.15) is 0 Å². The van der Waals surface area contributed by atoms with E-state index in [0.717, 1.165) is 9.56 Å². The molecule has 0 atom stereocenters. The van der Waals surface area contributed by atoms with Gasteiger partial charge in [0.2, 0.25) is 0 Å². The Morgan fingerprint density at radius 1 is 1.50 bits per heavy atom. The van der Waals surface area contributed by atoms with Crippen LogP contribution >= 0.6 is 11.3 Å². The number of hydrogen-bond donors (Lipinski definition) is 2. The molecule has 2 rings (SSSR count). The number of carboxylic acid groups (broad SMARTS) is 1. The van der Waals surface area contributed by atoms with Crippen molar-refractivity contribution >= 4 is 23.2 Å². The maximum absolute atomic E-state index is 11.6. The fraction of sp³-hybridized carbons (Fsp3) is 0.222. The van der Waals surface area contributed by atoms with Gasteiger partial charge >= 0.3 is 5.97 Å². The molecule has 94 valence electrons. The number of aliphatic carboxylic acids is 1. The van der Waals surface area contributed by atoms with E-state index in [2.05, 4.69) is 20.6 Å². The summed E-state index contributed by atoms with van der Waals surface area (Å²) < 4.78 is 1.09. The van der Waals surface area contributed by atoms with Crippen LogP contribution in [-0.4, -0.2) is 37.0 Å². The third kappa shape index (κ3) is 3.10. The molecule has 0 radical (unpaired) electrons. The van der Waals surface area contributed by atoms with Gasteiger partial charge in [-0.05, 0) is 0 Å². The van der Waals surface area contributed by atoms with Gasteiger partial charge in [0.15, 0.2) is 5.69 Å². The van der Waals surface area contributed by atoms with Crippen LogP contribution < -0.4 is 5.32 Å². The van der Waals surface area contributed by atoms with Crippen molar-refractivity contribution in [1.82, 2.24) is 25.3 Å². The van der Waals surface area contributed by atoms with Crippen LogP contribution in [0, 0.1) is 0 Å². The number of aromatic nitrogens is 4. The quantitative estimate of drug-likeness (QED) is 0.773. The number of thiazole rings is 1. The fourth-order valence-corrected chi connectivity index (χ4v) is 1.74. The average Bonchev–Trinajstić information content (AvgIpc) is 2.95. The standard InChI is InChI=1S/C9H9N5O3S/c15-8(16)4-14-3-7(12-13-14)9(17)11-2-6-1-10-5-18-6/h1,3,5H,2,4H2,(H,11,17)(H,15,16). The maximum atomic E-state index is 11.6. The Kier molecular flexibility index (Phi) is 3.63. The summed E-state index contributed by atoms with van der Waals surface area (Å²) in [4.78, 5) is 26.9. The lowest BCUT2D eigenvalue weighted by Crippen LogP contribution is -2.22. The van der Waals surface area contributed by atoms with Crippen LogP contribution in [0.4, 0.5) is 0 Å². The molecule has 0 unspecified atom stereocenters. The number of nitrogens with zero attached hydrogens (tertiary/aromatic N) is 4. The van der Waals surface area contributed by atoms with E-state index >= 15 is 0 Å². The molecule has 0 aliphatic carbocycles. The van der Waals surface area contributed by atoms with Gasteiger partial charge in [-0.15, -0.1) is 16.4 Å². The average molecular weight is 267 g/mol. The Labute approximate surface area is 105 Å². The molecule has 1 amide bonds. The molecule has 0 saturated heterocycles. The summed E-state index contributed by atoms with van der Waals surface area (Å²) in [5.74, 6) is -1.45. The van der Waals surface area contributed by atoms with Gasteiger partial charge in [-0.25, -0.2) is 4.68 Å². The van der Waals surface area contributed by atoms with Crippen LogP contribution in [0.1, 0.15) is 15.4 Å². The van der Waals surface area contributed by atoms with Crippen molar-refractivity contribution < 1.29 is 14.7 Å². The fourth-order valence-electron chi connectivity index (χ4n) is 1.21. The zero-order valence-corrected chi connectivity index (χ0v) is 9.92. The number of carbonyl (C=O) groups excluding carboxylic acids is 1. The molecule has 0 saturated carbocycles. The van der Waals surface area contributed by atoms with E-state index in [9.17, 15) is 9.59 Å². The Bertz CT molecular complexity index is 550. The van der Waals surface area contributed by atoms with E-state index in [0.29, 0.717) is 6.54 Å². The molecule has 2 heterocycles. The van der Waals surface area contributed by atoms with Crippen LogP contribution in [-0.2, 0) is 17.9 Å². The third-order valence-electron chi connectivity index (χ3n) is 1.98. The molecule has 0 aliphatic rings. The highest BCUT2D eigenvalue weighted by Crippen LogP contribution is 2.04. The summed E-state index contributed by atoms with van der Waals surface area (Å²) in [7, 11) is 0. The van der Waals surface area contributed by atoms with E-state index < -0.39 is 11.9 Å². The lowest BCUT2D eigenvalue weighted by molar-refractivity contribution is -0.137. The van der Waals surface area contributed by atoms with Crippen LogP contribution in [0.5, 0.6) is 0 Å². The second-order valence-corrected chi connectivity index (χ2v) is 4.32. The Hall–Kier alpha value is -2.29. The molecule has 9 heteroatoms. The van der Waals surface area contributed by atoms with Crippen molar-refractivity contribution in [2.24, 2.45) is 0 Å². The smallest absolute Gasteiger partial charge is 0.325 e. The van der Waals surface area contributed by atoms with Crippen LogP contribution in [0.15, 0.2) is 17.9 Å². The van der Waals surface area contributed by atoms with Crippen molar-refractivity contribution in [3.05, 3.63) is 28.5 Å². The number of carboxylic acids is 1. The molecule has 0 aromatic carbocycles. The van der Waals surface area contributed by atoms with Gasteiger partial charge in [0.25, 0.3) is 5.91 Å². The molecule has 2 N–H and O–H groups in total. The van der Waals surface area contributed by atoms with Gasteiger partial charge in [0.05, 0.1) is 18.3 Å². The van der Waals surface area contributed by atoms with Crippen LogP contribution in [0.25, 0.3) is 0 Å². The van der Waals surface area contributed by atoms with Crippen molar-refractivity contribution in [3.8, 4) is 0 Å². The lowest BCUT2D eigenvalue weighted by atomic mass is 10.4. The second-order valence-electron chi connectivity index (χ2n) is 3.35. The van der Waals surface area contributed by atoms with Gasteiger partial charge in [-0.1, -0.05) is 5.21 Å². The van der Waals surface area contributed by atoms with E-state index in [-0.39, 0.29) is 12.2 Å². The minimum atomic E-state index is -1.04. The van der Waals surface area contributed by atoms with Gasteiger partial charge in [-0.3, -0.25) is 14.6 Å². The summed E-state index contributed by atoms with van der Waals surface area (Å²) in [5.41, 5.74) is 1.76. The summed E-state index contributed by atoms with van der Waals surface area (Å²) in [6.07, 6.45) is 2.95. The monoisotopic (exact) mass is 267 g/mol. The number of amides is 1. The summed E-state index contributed by atoms with van der Waals surface area (Å²) >= 11 is 1.43. The van der Waals surface area contributed by atoms with Gasteiger partial charge in [0.1, 0.15) is 6.54 Å². The van der Waals surface area contributed by atoms with Crippen LogP contribution in [0.3, 0.4) is 0 Å². The zero-order chi connectivity index (χ0) is 13.0. The van der Waals surface area contributed by atoms with E-state index in [1.807, 2.05) is 0 Å². The highest BCUT2D eigenvalue weighted by Gasteiger charge is 2.11. The first-order valence-electron chi connectivity index (χ1n) is 4.92. The predicted molar refractivity (Wildman–Crippen MR) is 60.9 cm³/mol. The summed E-state index contributed by atoms with van der Waals surface area (Å²) in [5, 5.41) is 18.3. The second kappa shape index (κ2) is 5.36. The van der Waals surface area contributed by atoms with Gasteiger partial charge in [0, 0.05) is 11.1 Å². The molecule has 18 heavy (non-hydrogen) atoms. The first-order chi connectivity index (χ1) is 8.65. The molecule has 0 aliphatic heterocycles. The van der Waals surface area contributed by atoms with Gasteiger partial charge < -0.3 is 10.4 Å². The third-order valence-corrected chi connectivity index (χ3v) is 2.75. The van der Waals surface area contributed by atoms with E-state index in [4.69, 9.17) is 5.11 Å². The van der Waals surface area contributed by atoms with Crippen molar-refractivity contribution in [2.45, 2.75) is 13.1 Å². The predicted octanol–water partition coefficient (Wildman–Crippen LogP) is -0.251. The number of rotatable bonds is 5. The Morgan fingerprint density at radius 2 is 2.33 bits per heavy atom. The zero-order valence-electron chi connectivity index (χ0n) is 9.11. The van der Waals surface area contributed by atoms with Crippen LogP contribution in [0.2, 0.25) is 0 Å². The Balaban J connectivity index is 1.92. The summed E-state index contributed by atoms with van der Waals surface area (Å²) in [6, 6.07) is 0. The minimum absolute atomic E-state index is 0.0840.